The van der Waals surface area contributed by atoms with E-state index in [0.29, 0.717) is 53.7 Å². The zero-order valence-electron chi connectivity index (χ0n) is 18.1. The van der Waals surface area contributed by atoms with Gasteiger partial charge in [0, 0.05) is 0 Å². The van der Waals surface area contributed by atoms with Crippen molar-refractivity contribution in [3.8, 4) is 0 Å². The Morgan fingerprint density at radius 1 is 1.16 bits per heavy atom. The van der Waals surface area contributed by atoms with Crippen LogP contribution in [0.1, 0.15) is 35.5 Å². The number of aromatic nitrogens is 3. The second kappa shape index (κ2) is 8.62. The van der Waals surface area contributed by atoms with Crippen LogP contribution in [0.2, 0.25) is 0 Å². The maximum atomic E-state index is 13.4. The third kappa shape index (κ3) is 4.53. The summed E-state index contributed by atoms with van der Waals surface area (Å²) in [5.74, 6) is 1.04. The zero-order valence-corrected chi connectivity index (χ0v) is 19.0. The van der Waals surface area contributed by atoms with E-state index in [1.807, 2.05) is 13.0 Å². The Labute approximate surface area is 185 Å². The van der Waals surface area contributed by atoms with Crippen LogP contribution in [0.4, 0.5) is 24.7 Å². The van der Waals surface area contributed by atoms with Gasteiger partial charge < -0.3 is 10.2 Å². The molecule has 1 N–H and O–H groups in total. The van der Waals surface area contributed by atoms with E-state index in [-0.39, 0.29) is 5.56 Å². The van der Waals surface area contributed by atoms with Gasteiger partial charge in [-0.25, -0.2) is 15.0 Å². The monoisotopic (exact) mass is 462 g/mol. The molecule has 3 aromatic rings. The van der Waals surface area contributed by atoms with Crippen LogP contribution in [-0.2, 0) is 10.7 Å². The minimum absolute atomic E-state index is 0.191. The molecule has 32 heavy (non-hydrogen) atoms. The van der Waals surface area contributed by atoms with Gasteiger partial charge in [0.15, 0.2) is 18.0 Å². The number of benzene rings is 1. The van der Waals surface area contributed by atoms with E-state index < -0.39 is 25.6 Å². The lowest BCUT2D eigenvalue weighted by molar-refractivity contribution is -0.138. The molecule has 10 heteroatoms. The summed E-state index contributed by atoms with van der Waals surface area (Å²) in [6, 6.07) is 5.73. The molecule has 0 aliphatic carbocycles. The molecule has 3 heterocycles. The largest absolute Gasteiger partial charge is 0.416 e. The molecule has 1 fully saturated rings. The molecule has 1 aliphatic heterocycles. The smallest absolute Gasteiger partial charge is 0.363 e. The third-order valence-electron chi connectivity index (χ3n) is 5.75. The van der Waals surface area contributed by atoms with Crippen molar-refractivity contribution in [2.45, 2.75) is 33.0 Å². The van der Waals surface area contributed by atoms with Crippen molar-refractivity contribution >= 4 is 30.3 Å². The summed E-state index contributed by atoms with van der Waals surface area (Å²) >= 11 is 0. The van der Waals surface area contributed by atoms with Gasteiger partial charge in [0.05, 0.1) is 42.0 Å². The van der Waals surface area contributed by atoms with Crippen molar-refractivity contribution < 1.29 is 17.7 Å². The van der Waals surface area contributed by atoms with E-state index in [4.69, 9.17) is 0 Å². The average molecular weight is 462 g/mol. The molecule has 1 aliphatic rings. The first-order chi connectivity index (χ1) is 15.1. The van der Waals surface area contributed by atoms with Crippen LogP contribution in [-0.4, -0.2) is 40.4 Å². The number of nitrogens with one attached hydrogen (secondary N) is 1. The lowest BCUT2D eigenvalue weighted by Crippen LogP contribution is -2.32. The van der Waals surface area contributed by atoms with Crippen molar-refractivity contribution in [3.05, 3.63) is 53.0 Å². The number of pyridine rings is 1. The van der Waals surface area contributed by atoms with E-state index in [1.54, 1.807) is 19.2 Å². The van der Waals surface area contributed by atoms with Gasteiger partial charge in [0.25, 0.3) is 0 Å². The zero-order chi connectivity index (χ0) is 23.0. The van der Waals surface area contributed by atoms with Crippen molar-refractivity contribution in [1.29, 1.82) is 0 Å². The molecule has 0 saturated carbocycles. The minimum Gasteiger partial charge on any atom is -0.363 e. The number of aryl methyl sites for hydroxylation is 1. The predicted octanol–water partition coefficient (Wildman–Crippen LogP) is 5.48. The van der Waals surface area contributed by atoms with Crippen LogP contribution in [0.3, 0.4) is 0 Å². The molecule has 0 bridgehead atoms. The summed E-state index contributed by atoms with van der Waals surface area (Å²) in [6.45, 7) is 6.43. The molecule has 0 radical (unpaired) electrons. The Morgan fingerprint density at radius 3 is 2.56 bits per heavy atom. The topological polar surface area (TPSA) is 71.0 Å². The summed E-state index contributed by atoms with van der Waals surface area (Å²) in [4.78, 5) is 15.5. The van der Waals surface area contributed by atoms with Crippen LogP contribution in [0, 0.1) is 13.8 Å². The molecule has 0 spiro atoms. The van der Waals surface area contributed by atoms with Crippen LogP contribution < -0.4 is 10.2 Å². The summed E-state index contributed by atoms with van der Waals surface area (Å²) < 4.78 is 51.8. The van der Waals surface area contributed by atoms with Gasteiger partial charge in [0.1, 0.15) is 11.6 Å². The fraction of sp³-hybridized carbons (Fsp3) is 0.409. The van der Waals surface area contributed by atoms with Crippen molar-refractivity contribution in [2.24, 2.45) is 0 Å². The molecule has 2 aromatic heterocycles. The number of nitrogens with zero attached hydrogens (tertiary/aromatic N) is 4. The quantitative estimate of drug-likeness (QED) is 0.518. The number of alkyl halides is 3. The molecule has 4 rings (SSSR count). The molecule has 168 valence electrons. The van der Waals surface area contributed by atoms with E-state index >= 15 is 0 Å². The maximum Gasteiger partial charge on any atom is 0.416 e. The molecule has 1 aromatic carbocycles. The SMILES string of the molecule is Cc1nc(N[C@H](C)c2cccc(C(F)(F)F)c2C)c2cc(N3CC[P+](=O)CC3)cnc2n1. The Bertz CT molecular complexity index is 1170. The molecule has 6 nitrogen and oxygen atoms in total. The second-order valence-electron chi connectivity index (χ2n) is 7.98. The van der Waals surface area contributed by atoms with Crippen LogP contribution in [0.15, 0.2) is 30.5 Å². The highest BCUT2D eigenvalue weighted by Gasteiger charge is 2.33. The van der Waals surface area contributed by atoms with Gasteiger partial charge in [0.2, 0.25) is 0 Å². The number of fused-ring (bicyclic) bond motifs is 1. The number of anilines is 2. The van der Waals surface area contributed by atoms with Gasteiger partial charge in [-0.3, -0.25) is 0 Å². The minimum atomic E-state index is -4.41. The Kier molecular flexibility index (Phi) is 6.03. The van der Waals surface area contributed by atoms with Gasteiger partial charge in [-0.15, -0.1) is 0 Å². The highest BCUT2D eigenvalue weighted by atomic mass is 31.1. The molecule has 0 unspecified atom stereocenters. The molecule has 1 saturated heterocycles. The predicted molar refractivity (Wildman–Crippen MR) is 120 cm³/mol. The number of hydrogen-bond acceptors (Lipinski definition) is 6. The van der Waals surface area contributed by atoms with E-state index in [9.17, 15) is 17.7 Å². The van der Waals surface area contributed by atoms with Crippen LogP contribution in [0.5, 0.6) is 0 Å². The third-order valence-corrected chi connectivity index (χ3v) is 7.15. The Morgan fingerprint density at radius 2 is 1.88 bits per heavy atom. The fourth-order valence-electron chi connectivity index (χ4n) is 4.05. The van der Waals surface area contributed by atoms with E-state index in [1.165, 1.54) is 13.0 Å². The van der Waals surface area contributed by atoms with Crippen molar-refractivity contribution in [1.82, 2.24) is 15.0 Å². The van der Waals surface area contributed by atoms with Gasteiger partial charge in [-0.05, 0) is 44.0 Å². The normalized spacial score (nSPS) is 15.8. The Balaban J connectivity index is 1.69. The summed E-state index contributed by atoms with van der Waals surface area (Å²) in [5, 5.41) is 3.97. The Hall–Kier alpha value is -2.80. The number of halogens is 3. The summed E-state index contributed by atoms with van der Waals surface area (Å²) in [6.07, 6.45) is -1.36. The summed E-state index contributed by atoms with van der Waals surface area (Å²) in [5.41, 5.74) is 1.50. The van der Waals surface area contributed by atoms with E-state index in [0.717, 1.165) is 11.8 Å². The summed E-state index contributed by atoms with van der Waals surface area (Å²) in [7, 11) is -1.13. The maximum absolute atomic E-state index is 13.4. The molecular formula is C22H24F3N5OP+. The lowest BCUT2D eigenvalue weighted by atomic mass is 9.97. The molecular weight excluding hydrogens is 438 g/mol. The molecule has 1 atom stereocenters. The fourth-order valence-corrected chi connectivity index (χ4v) is 5.20. The van der Waals surface area contributed by atoms with Gasteiger partial charge >= 0.3 is 14.0 Å². The highest BCUT2D eigenvalue weighted by Crippen LogP contribution is 2.36. The van der Waals surface area contributed by atoms with Gasteiger partial charge in [-0.1, -0.05) is 16.7 Å². The standard InChI is InChI=1S/C22H24F3N5OP/c1-13-17(5-4-6-19(13)22(23,24)25)14(2)27-21-18-11-16(30-7-9-32(31)10-8-30)12-26-20(18)28-15(3)29-21/h4-6,11-12,14H,7-10H2,1-3H3,(H,26,27,28,29)/q+1/t14-/m1/s1. The number of hydrogen-bond donors (Lipinski definition) is 1. The van der Waals surface area contributed by atoms with E-state index in [2.05, 4.69) is 25.2 Å². The van der Waals surface area contributed by atoms with Crippen molar-refractivity contribution in [2.75, 3.05) is 35.6 Å². The van der Waals surface area contributed by atoms with Crippen LogP contribution in [0.25, 0.3) is 11.0 Å². The molecule has 0 amide bonds. The second-order valence-corrected chi connectivity index (χ2v) is 9.84. The highest BCUT2D eigenvalue weighted by molar-refractivity contribution is 7.44. The van der Waals surface area contributed by atoms with Gasteiger partial charge in [-0.2, -0.15) is 13.2 Å². The first kappa shape index (κ1) is 22.4. The lowest BCUT2D eigenvalue weighted by Gasteiger charge is -2.24. The average Bonchev–Trinajstić information content (AvgIpc) is 2.73. The first-order valence-corrected chi connectivity index (χ1v) is 12.0. The number of rotatable bonds is 4. The van der Waals surface area contributed by atoms with Crippen molar-refractivity contribution in [3.63, 3.8) is 0 Å². The first-order valence-electron chi connectivity index (χ1n) is 10.4. The van der Waals surface area contributed by atoms with Crippen LogP contribution >= 0.6 is 7.80 Å².